The van der Waals surface area contributed by atoms with Crippen LogP contribution in [0.2, 0.25) is 0 Å². The van der Waals surface area contributed by atoms with Crippen LogP contribution in [0.1, 0.15) is 45.4 Å². The molecule has 0 N–H and O–H groups in total. The van der Waals surface area contributed by atoms with E-state index in [-0.39, 0.29) is 17.9 Å². The van der Waals surface area contributed by atoms with Gasteiger partial charge in [-0.3, -0.25) is 9.69 Å². The molecular formula is C20H26N2O3S. The van der Waals surface area contributed by atoms with Gasteiger partial charge in [-0.2, -0.15) is 0 Å². The molecule has 0 radical (unpaired) electrons. The summed E-state index contributed by atoms with van der Waals surface area (Å²) in [5.74, 6) is 1.22. The Kier molecular flexibility index (Phi) is 5.41. The number of anilines is 1. The Bertz CT molecular complexity index is 764. The first kappa shape index (κ1) is 17.7. The van der Waals surface area contributed by atoms with E-state index in [0.29, 0.717) is 13.2 Å². The van der Waals surface area contributed by atoms with E-state index in [1.54, 1.807) is 11.3 Å². The number of nitrogens with zero attached hydrogens (tertiary/aromatic N) is 2. The SMILES string of the molecule is CCOc1ccc2nc(N(C[C@@H]3CCCO3)C(=O)C3CCCC3)sc2c1. The van der Waals surface area contributed by atoms with E-state index >= 15 is 0 Å². The maximum absolute atomic E-state index is 13.2. The van der Waals surface area contributed by atoms with Crippen molar-refractivity contribution in [3.05, 3.63) is 18.2 Å². The molecule has 1 amide bonds. The molecule has 5 nitrogen and oxygen atoms in total. The number of thiazole rings is 1. The summed E-state index contributed by atoms with van der Waals surface area (Å²) < 4.78 is 12.5. The second-order valence-electron chi connectivity index (χ2n) is 7.12. The van der Waals surface area contributed by atoms with Crippen molar-refractivity contribution in [2.24, 2.45) is 5.92 Å². The highest BCUT2D eigenvalue weighted by Crippen LogP contribution is 2.35. The van der Waals surface area contributed by atoms with E-state index < -0.39 is 0 Å². The van der Waals surface area contributed by atoms with E-state index in [2.05, 4.69) is 0 Å². The van der Waals surface area contributed by atoms with Crippen molar-refractivity contribution in [1.82, 2.24) is 4.98 Å². The number of amides is 1. The Labute approximate surface area is 158 Å². The number of aromatic nitrogens is 1. The Morgan fingerprint density at radius 3 is 2.88 bits per heavy atom. The number of hydrogen-bond donors (Lipinski definition) is 0. The molecule has 1 aromatic carbocycles. The molecule has 6 heteroatoms. The highest BCUT2D eigenvalue weighted by atomic mass is 32.1. The topological polar surface area (TPSA) is 51.7 Å². The summed E-state index contributed by atoms with van der Waals surface area (Å²) in [4.78, 5) is 19.9. The van der Waals surface area contributed by atoms with E-state index in [1.807, 2.05) is 30.0 Å². The van der Waals surface area contributed by atoms with Crippen LogP contribution in [0.5, 0.6) is 5.75 Å². The van der Waals surface area contributed by atoms with Crippen LogP contribution in [0.4, 0.5) is 5.13 Å². The van der Waals surface area contributed by atoms with Crippen molar-refractivity contribution in [3.8, 4) is 5.75 Å². The van der Waals surface area contributed by atoms with Crippen LogP contribution in [0, 0.1) is 5.92 Å². The Morgan fingerprint density at radius 2 is 2.15 bits per heavy atom. The number of benzene rings is 1. The standard InChI is InChI=1S/C20H26N2O3S/c1-2-24-15-9-10-17-18(12-15)26-20(21-17)22(13-16-8-5-11-25-16)19(23)14-6-3-4-7-14/h9-10,12,14,16H,2-8,11,13H2,1H3/t16-/m0/s1. The lowest BCUT2D eigenvalue weighted by Crippen LogP contribution is -2.40. The zero-order chi connectivity index (χ0) is 17.9. The molecular weight excluding hydrogens is 348 g/mol. The van der Waals surface area contributed by atoms with Gasteiger partial charge in [0.25, 0.3) is 0 Å². The summed E-state index contributed by atoms with van der Waals surface area (Å²) >= 11 is 1.57. The molecule has 1 atom stereocenters. The number of rotatable bonds is 6. The molecule has 0 bridgehead atoms. The zero-order valence-electron chi connectivity index (χ0n) is 15.3. The summed E-state index contributed by atoms with van der Waals surface area (Å²) in [6.45, 7) is 4.04. The second-order valence-corrected chi connectivity index (χ2v) is 8.13. The molecule has 0 unspecified atom stereocenters. The second kappa shape index (κ2) is 7.92. The molecule has 2 aliphatic rings. The number of carbonyl (C=O) groups excluding carboxylic acids is 1. The van der Waals surface area contributed by atoms with Gasteiger partial charge in [0.1, 0.15) is 5.75 Å². The van der Waals surface area contributed by atoms with Gasteiger partial charge in [0, 0.05) is 12.5 Å². The van der Waals surface area contributed by atoms with Crippen LogP contribution in [0.3, 0.4) is 0 Å². The fourth-order valence-electron chi connectivity index (χ4n) is 3.91. The maximum Gasteiger partial charge on any atom is 0.231 e. The summed E-state index contributed by atoms with van der Waals surface area (Å²) in [6, 6.07) is 5.94. The van der Waals surface area contributed by atoms with Crippen molar-refractivity contribution in [1.29, 1.82) is 0 Å². The van der Waals surface area contributed by atoms with Crippen LogP contribution in [0.15, 0.2) is 18.2 Å². The van der Waals surface area contributed by atoms with E-state index in [4.69, 9.17) is 14.5 Å². The Morgan fingerprint density at radius 1 is 1.31 bits per heavy atom. The van der Waals surface area contributed by atoms with Gasteiger partial charge in [0.15, 0.2) is 5.13 Å². The smallest absolute Gasteiger partial charge is 0.231 e. The molecule has 26 heavy (non-hydrogen) atoms. The predicted octanol–water partition coefficient (Wildman–Crippen LogP) is 4.40. The van der Waals surface area contributed by atoms with Crippen molar-refractivity contribution in [3.63, 3.8) is 0 Å². The monoisotopic (exact) mass is 374 g/mol. The van der Waals surface area contributed by atoms with E-state index in [1.165, 1.54) is 0 Å². The van der Waals surface area contributed by atoms with Crippen LogP contribution in [-0.2, 0) is 9.53 Å². The molecule has 2 aromatic rings. The average molecular weight is 375 g/mol. The summed E-state index contributed by atoms with van der Waals surface area (Å²) in [7, 11) is 0. The quantitative estimate of drug-likeness (QED) is 0.752. The molecule has 1 aliphatic carbocycles. The van der Waals surface area contributed by atoms with Crippen molar-refractivity contribution >= 4 is 32.6 Å². The fourth-order valence-corrected chi connectivity index (χ4v) is 4.92. The molecule has 1 aliphatic heterocycles. The first-order chi connectivity index (χ1) is 12.7. The van der Waals surface area contributed by atoms with Crippen LogP contribution in [-0.4, -0.2) is 36.8 Å². The van der Waals surface area contributed by atoms with Gasteiger partial charge < -0.3 is 9.47 Å². The minimum Gasteiger partial charge on any atom is -0.494 e. The first-order valence-electron chi connectivity index (χ1n) is 9.71. The lowest BCUT2D eigenvalue weighted by Gasteiger charge is -2.25. The fraction of sp³-hybridized carbons (Fsp3) is 0.600. The van der Waals surface area contributed by atoms with Crippen LogP contribution >= 0.6 is 11.3 Å². The van der Waals surface area contributed by atoms with Crippen LogP contribution in [0.25, 0.3) is 10.2 Å². The lowest BCUT2D eigenvalue weighted by molar-refractivity contribution is -0.122. The van der Waals surface area contributed by atoms with Gasteiger partial charge in [0.2, 0.25) is 5.91 Å². The Hall–Kier alpha value is -1.66. The molecule has 2 heterocycles. The van der Waals surface area contributed by atoms with Crippen molar-refractivity contribution in [2.75, 3.05) is 24.7 Å². The third kappa shape index (κ3) is 3.71. The number of ether oxygens (including phenoxy) is 2. The van der Waals surface area contributed by atoms with Gasteiger partial charge in [-0.1, -0.05) is 24.2 Å². The summed E-state index contributed by atoms with van der Waals surface area (Å²) in [6.07, 6.45) is 6.54. The highest BCUT2D eigenvalue weighted by molar-refractivity contribution is 7.22. The molecule has 1 saturated heterocycles. The Balaban J connectivity index is 1.62. The number of hydrogen-bond acceptors (Lipinski definition) is 5. The number of carbonyl (C=O) groups is 1. The van der Waals surface area contributed by atoms with Gasteiger partial charge in [-0.05, 0) is 50.8 Å². The molecule has 2 fully saturated rings. The zero-order valence-corrected chi connectivity index (χ0v) is 16.1. The van der Waals surface area contributed by atoms with Crippen molar-refractivity contribution < 1.29 is 14.3 Å². The molecule has 1 aromatic heterocycles. The third-order valence-corrected chi connectivity index (χ3v) is 6.31. The first-order valence-corrected chi connectivity index (χ1v) is 10.5. The maximum atomic E-state index is 13.2. The molecule has 4 rings (SSSR count). The minimum atomic E-state index is 0.131. The highest BCUT2D eigenvalue weighted by Gasteiger charge is 2.32. The van der Waals surface area contributed by atoms with Gasteiger partial charge in [-0.15, -0.1) is 0 Å². The third-order valence-electron chi connectivity index (χ3n) is 5.27. The number of fused-ring (bicyclic) bond motifs is 1. The minimum absolute atomic E-state index is 0.131. The van der Waals surface area contributed by atoms with Gasteiger partial charge in [-0.25, -0.2) is 4.98 Å². The normalized spacial score (nSPS) is 20.7. The average Bonchev–Trinajstić information content (AvgIpc) is 3.39. The van der Waals surface area contributed by atoms with E-state index in [9.17, 15) is 4.79 Å². The largest absolute Gasteiger partial charge is 0.494 e. The summed E-state index contributed by atoms with van der Waals surface area (Å²) in [5.41, 5.74) is 0.921. The molecule has 1 saturated carbocycles. The predicted molar refractivity (Wildman–Crippen MR) is 104 cm³/mol. The molecule has 0 spiro atoms. The molecule has 140 valence electrons. The van der Waals surface area contributed by atoms with Gasteiger partial charge in [0.05, 0.1) is 29.5 Å². The van der Waals surface area contributed by atoms with Crippen molar-refractivity contribution in [2.45, 2.75) is 51.6 Å². The lowest BCUT2D eigenvalue weighted by atomic mass is 10.1. The van der Waals surface area contributed by atoms with Gasteiger partial charge >= 0.3 is 0 Å². The van der Waals surface area contributed by atoms with Crippen LogP contribution < -0.4 is 9.64 Å². The van der Waals surface area contributed by atoms with E-state index in [0.717, 1.165) is 66.2 Å². The summed E-state index contributed by atoms with van der Waals surface area (Å²) in [5, 5.41) is 0.793.